The Morgan fingerprint density at radius 1 is 1.43 bits per heavy atom. The molecule has 0 bridgehead atoms. The predicted octanol–water partition coefficient (Wildman–Crippen LogP) is 4.42. The lowest BCUT2D eigenvalue weighted by atomic mass is 9.78. The van der Waals surface area contributed by atoms with Crippen LogP contribution in [0.5, 0.6) is 0 Å². The summed E-state index contributed by atoms with van der Waals surface area (Å²) in [5.41, 5.74) is 2.24. The van der Waals surface area contributed by atoms with Crippen LogP contribution in [-0.4, -0.2) is 22.7 Å². The number of rotatable bonds is 5. The number of carboxylic acids is 1. The van der Waals surface area contributed by atoms with Crippen molar-refractivity contribution >= 4 is 11.7 Å². The second kappa shape index (κ2) is 6.08. The standard InChI is InChI=1S/C18H27NO2/c1-5-6-10-16(17(20)21)19-15-11-8-7-9-14(15)13(2)12-18(19,3)4/h7-9,11,13,16H,5-6,10,12H2,1-4H3,(H,20,21)/t13-,16-/m0/s1. The minimum absolute atomic E-state index is 0.134. The summed E-state index contributed by atoms with van der Waals surface area (Å²) in [6.45, 7) is 8.68. The van der Waals surface area contributed by atoms with E-state index >= 15 is 0 Å². The zero-order valence-electron chi connectivity index (χ0n) is 13.6. The van der Waals surface area contributed by atoms with E-state index in [1.54, 1.807) is 0 Å². The Bertz CT molecular complexity index is 510. The number of anilines is 1. The van der Waals surface area contributed by atoms with E-state index in [1.165, 1.54) is 5.56 Å². The molecule has 1 aromatic rings. The van der Waals surface area contributed by atoms with Gasteiger partial charge in [-0.1, -0.05) is 44.9 Å². The molecule has 1 aliphatic rings. The molecule has 0 saturated carbocycles. The van der Waals surface area contributed by atoms with Gasteiger partial charge in [0.25, 0.3) is 0 Å². The zero-order chi connectivity index (χ0) is 15.6. The fourth-order valence-corrected chi connectivity index (χ4v) is 3.76. The normalized spacial score (nSPS) is 21.7. The van der Waals surface area contributed by atoms with Gasteiger partial charge in [0.1, 0.15) is 6.04 Å². The van der Waals surface area contributed by atoms with Gasteiger partial charge in [-0.05, 0) is 44.2 Å². The molecule has 3 heteroatoms. The van der Waals surface area contributed by atoms with Crippen LogP contribution < -0.4 is 4.90 Å². The van der Waals surface area contributed by atoms with Gasteiger partial charge in [-0.25, -0.2) is 4.79 Å². The molecule has 3 nitrogen and oxygen atoms in total. The number of para-hydroxylation sites is 1. The second-order valence-corrected chi connectivity index (χ2v) is 6.84. The van der Waals surface area contributed by atoms with E-state index in [9.17, 15) is 9.90 Å². The maximum atomic E-state index is 11.8. The van der Waals surface area contributed by atoms with E-state index in [2.05, 4.69) is 44.7 Å². The first-order valence-corrected chi connectivity index (χ1v) is 7.99. The van der Waals surface area contributed by atoms with Crippen LogP contribution in [0.15, 0.2) is 24.3 Å². The summed E-state index contributed by atoms with van der Waals surface area (Å²) in [7, 11) is 0. The minimum atomic E-state index is -0.708. The fraction of sp³-hybridized carbons (Fsp3) is 0.611. The highest BCUT2D eigenvalue weighted by molar-refractivity contribution is 5.80. The van der Waals surface area contributed by atoms with Crippen LogP contribution in [0, 0.1) is 0 Å². The lowest BCUT2D eigenvalue weighted by Gasteiger charge is -2.50. The molecule has 0 fully saturated rings. The van der Waals surface area contributed by atoms with E-state index in [1.807, 2.05) is 12.1 Å². The summed E-state index contributed by atoms with van der Waals surface area (Å²) < 4.78 is 0. The summed E-state index contributed by atoms with van der Waals surface area (Å²) in [6.07, 6.45) is 3.66. The Kier molecular flexibility index (Phi) is 4.60. The van der Waals surface area contributed by atoms with Crippen molar-refractivity contribution in [3.8, 4) is 0 Å². The van der Waals surface area contributed by atoms with Crippen LogP contribution in [0.25, 0.3) is 0 Å². The topological polar surface area (TPSA) is 40.5 Å². The summed E-state index contributed by atoms with van der Waals surface area (Å²) in [5.74, 6) is -0.242. The third kappa shape index (κ3) is 3.07. The van der Waals surface area contributed by atoms with E-state index in [0.29, 0.717) is 12.3 Å². The molecule has 0 unspecified atom stereocenters. The predicted molar refractivity (Wildman–Crippen MR) is 87.0 cm³/mol. The molecule has 1 aliphatic heterocycles. The molecular formula is C18H27NO2. The van der Waals surface area contributed by atoms with Gasteiger partial charge in [-0.3, -0.25) is 0 Å². The van der Waals surface area contributed by atoms with E-state index in [0.717, 1.165) is 24.9 Å². The third-order valence-corrected chi connectivity index (χ3v) is 4.61. The summed E-state index contributed by atoms with van der Waals surface area (Å²) in [5, 5.41) is 9.73. The molecule has 2 rings (SSSR count). The number of aliphatic carboxylic acids is 1. The van der Waals surface area contributed by atoms with Crippen molar-refractivity contribution in [2.45, 2.75) is 70.9 Å². The molecule has 0 aromatic heterocycles. The molecular weight excluding hydrogens is 262 g/mol. The minimum Gasteiger partial charge on any atom is -0.480 e. The van der Waals surface area contributed by atoms with E-state index in [4.69, 9.17) is 0 Å². The first kappa shape index (κ1) is 15.9. The molecule has 1 heterocycles. The lowest BCUT2D eigenvalue weighted by molar-refractivity contribution is -0.139. The van der Waals surface area contributed by atoms with Crippen LogP contribution >= 0.6 is 0 Å². The number of hydrogen-bond acceptors (Lipinski definition) is 2. The van der Waals surface area contributed by atoms with Gasteiger partial charge in [0.05, 0.1) is 0 Å². The van der Waals surface area contributed by atoms with E-state index in [-0.39, 0.29) is 5.54 Å². The molecule has 0 aliphatic carbocycles. The van der Waals surface area contributed by atoms with Crippen LogP contribution in [0.3, 0.4) is 0 Å². The van der Waals surface area contributed by atoms with Crippen molar-refractivity contribution in [2.75, 3.05) is 4.90 Å². The van der Waals surface area contributed by atoms with Crippen molar-refractivity contribution in [3.05, 3.63) is 29.8 Å². The number of unbranched alkanes of at least 4 members (excludes halogenated alkanes) is 1. The summed E-state index contributed by atoms with van der Waals surface area (Å²) >= 11 is 0. The van der Waals surface area contributed by atoms with Gasteiger partial charge in [0, 0.05) is 11.2 Å². The Balaban J connectivity index is 2.47. The van der Waals surface area contributed by atoms with Crippen LogP contribution in [-0.2, 0) is 4.79 Å². The molecule has 21 heavy (non-hydrogen) atoms. The first-order chi connectivity index (χ1) is 9.88. The van der Waals surface area contributed by atoms with Crippen LogP contribution in [0.2, 0.25) is 0 Å². The van der Waals surface area contributed by atoms with Gasteiger partial charge >= 0.3 is 5.97 Å². The van der Waals surface area contributed by atoms with Gasteiger partial charge in [-0.2, -0.15) is 0 Å². The Morgan fingerprint density at radius 2 is 2.10 bits per heavy atom. The van der Waals surface area contributed by atoms with Crippen LogP contribution in [0.4, 0.5) is 5.69 Å². The molecule has 116 valence electrons. The summed E-state index contributed by atoms with van der Waals surface area (Å²) in [6, 6.07) is 7.84. The van der Waals surface area contributed by atoms with Crippen molar-refractivity contribution in [1.82, 2.24) is 0 Å². The molecule has 1 N–H and O–H groups in total. The second-order valence-electron chi connectivity index (χ2n) is 6.84. The largest absolute Gasteiger partial charge is 0.480 e. The fourth-order valence-electron chi connectivity index (χ4n) is 3.76. The highest BCUT2D eigenvalue weighted by atomic mass is 16.4. The number of carbonyl (C=O) groups is 1. The monoisotopic (exact) mass is 289 g/mol. The van der Waals surface area contributed by atoms with Crippen LogP contribution in [0.1, 0.15) is 64.9 Å². The Morgan fingerprint density at radius 3 is 2.71 bits per heavy atom. The highest BCUT2D eigenvalue weighted by Gasteiger charge is 2.41. The number of carboxylic acid groups (broad SMARTS) is 1. The number of nitrogens with zero attached hydrogens (tertiary/aromatic N) is 1. The van der Waals surface area contributed by atoms with E-state index < -0.39 is 12.0 Å². The lowest BCUT2D eigenvalue weighted by Crippen LogP contribution is -2.56. The van der Waals surface area contributed by atoms with Crippen molar-refractivity contribution in [3.63, 3.8) is 0 Å². The quantitative estimate of drug-likeness (QED) is 0.872. The maximum absolute atomic E-state index is 11.8. The molecule has 0 radical (unpaired) electrons. The Hall–Kier alpha value is -1.51. The van der Waals surface area contributed by atoms with Crippen molar-refractivity contribution in [1.29, 1.82) is 0 Å². The van der Waals surface area contributed by atoms with Crippen molar-refractivity contribution in [2.24, 2.45) is 0 Å². The average molecular weight is 289 g/mol. The molecule has 0 spiro atoms. The third-order valence-electron chi connectivity index (χ3n) is 4.61. The average Bonchev–Trinajstić information content (AvgIpc) is 2.41. The maximum Gasteiger partial charge on any atom is 0.326 e. The number of hydrogen-bond donors (Lipinski definition) is 1. The smallest absolute Gasteiger partial charge is 0.326 e. The molecule has 2 atom stereocenters. The molecule has 0 amide bonds. The SMILES string of the molecule is CCCC[C@@H](C(=O)O)N1c2ccccc2[C@@H](C)CC1(C)C. The van der Waals surface area contributed by atoms with Gasteiger partial charge in [-0.15, -0.1) is 0 Å². The van der Waals surface area contributed by atoms with Gasteiger partial charge in [0.2, 0.25) is 0 Å². The summed E-state index contributed by atoms with van der Waals surface area (Å²) in [4.78, 5) is 14.0. The molecule has 0 saturated heterocycles. The first-order valence-electron chi connectivity index (χ1n) is 7.99. The zero-order valence-corrected chi connectivity index (χ0v) is 13.6. The molecule has 1 aromatic carbocycles. The van der Waals surface area contributed by atoms with Crippen molar-refractivity contribution < 1.29 is 9.90 Å². The highest BCUT2D eigenvalue weighted by Crippen LogP contribution is 2.44. The van der Waals surface area contributed by atoms with Gasteiger partial charge in [0.15, 0.2) is 0 Å². The Labute approximate surface area is 128 Å². The number of benzene rings is 1. The number of fused-ring (bicyclic) bond motifs is 1. The van der Waals surface area contributed by atoms with Gasteiger partial charge < -0.3 is 10.0 Å².